The summed E-state index contributed by atoms with van der Waals surface area (Å²) in [7, 11) is -2.90. The van der Waals surface area contributed by atoms with Gasteiger partial charge in [-0.3, -0.25) is 13.9 Å². The molecule has 242 valence electrons. The van der Waals surface area contributed by atoms with E-state index in [2.05, 4.69) is 5.32 Å². The second kappa shape index (κ2) is 15.1. The molecule has 1 atom stereocenters. The molecule has 0 aliphatic carbocycles. The number of hydrogen-bond acceptors (Lipinski definition) is 5. The molecule has 4 aromatic rings. The number of nitrogens with one attached hydrogen (secondary N) is 1. The molecular weight excluding hydrogens is 605 g/mol. The Morgan fingerprint density at radius 1 is 0.870 bits per heavy atom. The van der Waals surface area contributed by atoms with Crippen LogP contribution in [-0.2, 0) is 32.6 Å². The fourth-order valence-corrected chi connectivity index (χ4v) is 6.51. The van der Waals surface area contributed by atoms with E-state index in [9.17, 15) is 18.0 Å². The van der Waals surface area contributed by atoms with Crippen molar-refractivity contribution >= 4 is 27.5 Å². The number of methoxy groups -OCH3 is 1. The minimum atomic E-state index is -4.32. The largest absolute Gasteiger partial charge is 0.495 e. The summed E-state index contributed by atoms with van der Waals surface area (Å²) >= 11 is 0. The van der Waals surface area contributed by atoms with Gasteiger partial charge in [0.15, 0.2) is 0 Å². The third-order valence-electron chi connectivity index (χ3n) is 7.49. The van der Waals surface area contributed by atoms with Crippen LogP contribution in [0.2, 0.25) is 0 Å². The Labute approximate surface area is 270 Å². The van der Waals surface area contributed by atoms with Gasteiger partial charge in [-0.15, -0.1) is 0 Å². The molecule has 4 aromatic carbocycles. The first-order valence-corrected chi connectivity index (χ1v) is 16.5. The lowest BCUT2D eigenvalue weighted by atomic mass is 10.0. The van der Waals surface area contributed by atoms with Crippen molar-refractivity contribution in [2.24, 2.45) is 0 Å². The lowest BCUT2D eigenvalue weighted by Crippen LogP contribution is -2.54. The van der Waals surface area contributed by atoms with Crippen LogP contribution >= 0.6 is 0 Å². The number of amides is 2. The summed E-state index contributed by atoms with van der Waals surface area (Å²) in [4.78, 5) is 29.6. The van der Waals surface area contributed by atoms with Crippen LogP contribution in [0.25, 0.3) is 0 Å². The van der Waals surface area contributed by atoms with Crippen molar-refractivity contribution in [3.05, 3.63) is 125 Å². The van der Waals surface area contributed by atoms with Crippen molar-refractivity contribution in [3.8, 4) is 5.75 Å². The minimum absolute atomic E-state index is 0.0199. The fraction of sp³-hybridized carbons (Fsp3) is 0.278. The molecule has 10 heteroatoms. The Morgan fingerprint density at radius 2 is 1.50 bits per heavy atom. The molecule has 0 aromatic heterocycles. The van der Waals surface area contributed by atoms with Crippen molar-refractivity contribution in [3.63, 3.8) is 0 Å². The van der Waals surface area contributed by atoms with Crippen LogP contribution in [0.15, 0.2) is 102 Å². The van der Waals surface area contributed by atoms with Gasteiger partial charge >= 0.3 is 0 Å². The summed E-state index contributed by atoms with van der Waals surface area (Å²) in [5.41, 5.74) is 2.74. The molecule has 0 heterocycles. The van der Waals surface area contributed by atoms with Gasteiger partial charge in [0.25, 0.3) is 10.0 Å². The number of ether oxygens (including phenoxy) is 1. The highest BCUT2D eigenvalue weighted by molar-refractivity contribution is 7.92. The van der Waals surface area contributed by atoms with E-state index < -0.39 is 40.2 Å². The van der Waals surface area contributed by atoms with E-state index in [0.29, 0.717) is 0 Å². The summed E-state index contributed by atoms with van der Waals surface area (Å²) in [6.07, 6.45) is 0.123. The van der Waals surface area contributed by atoms with Gasteiger partial charge in [0, 0.05) is 24.6 Å². The van der Waals surface area contributed by atoms with Gasteiger partial charge in [-0.2, -0.15) is 0 Å². The van der Waals surface area contributed by atoms with Gasteiger partial charge in [0.1, 0.15) is 24.2 Å². The number of nitrogens with zero attached hydrogens (tertiary/aromatic N) is 2. The van der Waals surface area contributed by atoms with E-state index >= 15 is 4.39 Å². The molecule has 0 aliphatic heterocycles. The number of rotatable bonds is 13. The first-order chi connectivity index (χ1) is 21.9. The zero-order valence-electron chi connectivity index (χ0n) is 26.7. The predicted molar refractivity (Wildman–Crippen MR) is 178 cm³/mol. The fourth-order valence-electron chi connectivity index (χ4n) is 5.09. The number of hydrogen-bond donors (Lipinski definition) is 1. The molecule has 0 saturated heterocycles. The highest BCUT2D eigenvalue weighted by Crippen LogP contribution is 2.34. The maximum absolute atomic E-state index is 15.1. The molecule has 0 bridgehead atoms. The van der Waals surface area contributed by atoms with Gasteiger partial charge < -0.3 is 15.0 Å². The average Bonchev–Trinajstić information content (AvgIpc) is 3.02. The predicted octanol–water partition coefficient (Wildman–Crippen LogP) is 5.81. The highest BCUT2D eigenvalue weighted by atomic mass is 32.2. The number of sulfonamides is 1. The van der Waals surface area contributed by atoms with Crippen LogP contribution in [-0.4, -0.2) is 50.9 Å². The first kappa shape index (κ1) is 34.2. The minimum Gasteiger partial charge on any atom is -0.495 e. The molecule has 0 spiro atoms. The van der Waals surface area contributed by atoms with Gasteiger partial charge in [0.2, 0.25) is 11.8 Å². The lowest BCUT2D eigenvalue weighted by Gasteiger charge is -2.34. The molecular formula is C36H40FN3O5S. The average molecular weight is 646 g/mol. The van der Waals surface area contributed by atoms with Gasteiger partial charge in [0.05, 0.1) is 17.7 Å². The van der Waals surface area contributed by atoms with Crippen molar-refractivity contribution < 1.29 is 27.1 Å². The summed E-state index contributed by atoms with van der Waals surface area (Å²) < 4.78 is 50.2. The Balaban J connectivity index is 1.86. The van der Waals surface area contributed by atoms with E-state index in [1.165, 1.54) is 36.3 Å². The molecule has 0 saturated carbocycles. The topological polar surface area (TPSA) is 96.0 Å². The quantitative estimate of drug-likeness (QED) is 0.198. The monoisotopic (exact) mass is 645 g/mol. The Kier molecular flexibility index (Phi) is 11.2. The summed E-state index contributed by atoms with van der Waals surface area (Å²) in [5.74, 6) is -1.44. The zero-order chi connectivity index (χ0) is 33.4. The highest BCUT2D eigenvalue weighted by Gasteiger charge is 2.36. The van der Waals surface area contributed by atoms with E-state index in [4.69, 9.17) is 4.74 Å². The molecule has 8 nitrogen and oxygen atoms in total. The van der Waals surface area contributed by atoms with Crippen LogP contribution in [0.3, 0.4) is 0 Å². The summed E-state index contributed by atoms with van der Waals surface area (Å²) in [5, 5.41) is 2.89. The molecule has 46 heavy (non-hydrogen) atoms. The van der Waals surface area contributed by atoms with Gasteiger partial charge in [-0.1, -0.05) is 72.3 Å². The second-order valence-corrected chi connectivity index (χ2v) is 13.3. The Bertz CT molecular complexity index is 1760. The first-order valence-electron chi connectivity index (χ1n) is 15.0. The summed E-state index contributed by atoms with van der Waals surface area (Å²) in [6, 6.07) is 25.2. The lowest BCUT2D eigenvalue weighted by molar-refractivity contribution is -0.140. The van der Waals surface area contributed by atoms with Crippen molar-refractivity contribution in [1.29, 1.82) is 0 Å². The normalized spacial score (nSPS) is 12.0. The van der Waals surface area contributed by atoms with Crippen molar-refractivity contribution in [1.82, 2.24) is 10.2 Å². The van der Waals surface area contributed by atoms with Crippen molar-refractivity contribution in [2.75, 3.05) is 18.0 Å². The smallest absolute Gasteiger partial charge is 0.264 e. The van der Waals surface area contributed by atoms with Crippen LogP contribution in [0, 0.1) is 19.7 Å². The van der Waals surface area contributed by atoms with E-state index in [1.807, 2.05) is 37.3 Å². The van der Waals surface area contributed by atoms with Crippen LogP contribution in [0.1, 0.15) is 36.1 Å². The third-order valence-corrected chi connectivity index (χ3v) is 9.27. The van der Waals surface area contributed by atoms with Gasteiger partial charge in [-0.25, -0.2) is 12.8 Å². The maximum Gasteiger partial charge on any atom is 0.264 e. The number of carbonyl (C=O) groups is 2. The summed E-state index contributed by atoms with van der Waals surface area (Å²) in [6.45, 7) is 6.32. The van der Waals surface area contributed by atoms with Crippen LogP contribution in [0.5, 0.6) is 5.75 Å². The molecule has 4 rings (SSSR count). The van der Waals surface area contributed by atoms with E-state index in [1.54, 1.807) is 63.2 Å². The second-order valence-electron chi connectivity index (χ2n) is 11.5. The SMILES string of the molecule is COc1ccc(C)cc1N(CC(=O)N(Cc1ccccc1F)[C@@H](Cc1ccccc1)C(=O)NC(C)C)S(=O)(=O)c1ccc(C)cc1. The third kappa shape index (κ3) is 8.31. The molecule has 0 aliphatic rings. The molecule has 2 amide bonds. The number of halogens is 1. The maximum atomic E-state index is 15.1. The molecule has 0 unspecified atom stereocenters. The Hall–Kier alpha value is -4.70. The zero-order valence-corrected chi connectivity index (χ0v) is 27.6. The van der Waals surface area contributed by atoms with Crippen molar-refractivity contribution in [2.45, 2.75) is 57.6 Å². The van der Waals surface area contributed by atoms with E-state index in [-0.39, 0.29) is 40.9 Å². The Morgan fingerprint density at radius 3 is 2.13 bits per heavy atom. The number of anilines is 1. The number of benzene rings is 4. The molecule has 0 radical (unpaired) electrons. The van der Waals surface area contributed by atoms with Gasteiger partial charge in [-0.05, 0) is 69.2 Å². The van der Waals surface area contributed by atoms with E-state index in [0.717, 1.165) is 21.0 Å². The number of carbonyl (C=O) groups excluding carboxylic acids is 2. The number of aryl methyl sites for hydroxylation is 2. The standard InChI is InChI=1S/C36H40FN3O5S/c1-25(2)38-36(42)33(22-28-11-7-6-8-12-28)39(23-29-13-9-10-14-31(29)37)35(41)24-40(32-21-27(4)17-20-34(32)45-5)46(43,44)30-18-15-26(3)16-19-30/h6-21,25,33H,22-24H2,1-5H3,(H,38,42)/t33-/m0/s1. The van der Waals surface area contributed by atoms with Crippen LogP contribution < -0.4 is 14.4 Å². The van der Waals surface area contributed by atoms with Crippen LogP contribution in [0.4, 0.5) is 10.1 Å². The molecule has 0 fully saturated rings. The molecule has 1 N–H and O–H groups in total.